The quantitative estimate of drug-likeness (QED) is 0.589. The molecule has 0 amide bonds. The second-order valence-corrected chi connectivity index (χ2v) is 9.38. The van der Waals surface area contributed by atoms with Crippen molar-refractivity contribution >= 4 is 11.9 Å². The van der Waals surface area contributed by atoms with Crippen LogP contribution in [0.25, 0.3) is 0 Å². The van der Waals surface area contributed by atoms with Gasteiger partial charge in [0.2, 0.25) is 0 Å². The lowest BCUT2D eigenvalue weighted by atomic mass is 9.49. The van der Waals surface area contributed by atoms with Gasteiger partial charge in [0.25, 0.3) is 0 Å². The molecule has 0 aliphatic heterocycles. The first kappa shape index (κ1) is 19.7. The van der Waals surface area contributed by atoms with E-state index in [0.717, 1.165) is 17.8 Å². The van der Waals surface area contributed by atoms with Crippen molar-refractivity contribution in [3.8, 4) is 0 Å². The molecule has 4 aliphatic carbocycles. The molecule has 1 atom stereocenters. The number of hydrogen-bond acceptors (Lipinski definition) is 5. The summed E-state index contributed by atoms with van der Waals surface area (Å²) in [5, 5.41) is 0. The first-order chi connectivity index (χ1) is 12.3. The van der Waals surface area contributed by atoms with E-state index in [1.165, 1.54) is 38.5 Å². The van der Waals surface area contributed by atoms with E-state index < -0.39 is 0 Å². The Morgan fingerprint density at radius 3 is 2.00 bits per heavy atom. The molecule has 4 bridgehead atoms. The van der Waals surface area contributed by atoms with Gasteiger partial charge in [0.15, 0.2) is 0 Å². The van der Waals surface area contributed by atoms with E-state index in [1.807, 2.05) is 19.0 Å². The van der Waals surface area contributed by atoms with Gasteiger partial charge < -0.3 is 14.4 Å². The van der Waals surface area contributed by atoms with Crippen molar-refractivity contribution in [3.05, 3.63) is 6.92 Å². The van der Waals surface area contributed by atoms with Crippen molar-refractivity contribution < 1.29 is 19.1 Å². The zero-order valence-electron chi connectivity index (χ0n) is 16.4. The highest BCUT2D eigenvalue weighted by atomic mass is 16.5. The van der Waals surface area contributed by atoms with Crippen molar-refractivity contribution in [3.63, 3.8) is 0 Å². The normalized spacial score (nSPS) is 33.3. The van der Waals surface area contributed by atoms with Crippen LogP contribution in [-0.2, 0) is 19.1 Å². The fraction of sp³-hybridized carbons (Fsp3) is 0.857. The van der Waals surface area contributed by atoms with Crippen LogP contribution in [-0.4, -0.2) is 50.7 Å². The second kappa shape index (κ2) is 8.28. The van der Waals surface area contributed by atoms with Crippen LogP contribution in [0.5, 0.6) is 0 Å². The highest BCUT2D eigenvalue weighted by Gasteiger charge is 2.51. The van der Waals surface area contributed by atoms with Crippen molar-refractivity contribution in [2.75, 3.05) is 33.9 Å². The smallest absolute Gasteiger partial charge is 0.307 e. The van der Waals surface area contributed by atoms with Gasteiger partial charge in [-0.1, -0.05) is 0 Å². The highest BCUT2D eigenvalue weighted by Crippen LogP contribution is 2.61. The van der Waals surface area contributed by atoms with Crippen LogP contribution in [0.1, 0.15) is 51.4 Å². The maximum atomic E-state index is 12.4. The Bertz CT molecular complexity index is 481. The number of carbonyl (C=O) groups is 2. The fourth-order valence-electron chi connectivity index (χ4n) is 5.72. The Morgan fingerprint density at radius 2 is 1.50 bits per heavy atom. The van der Waals surface area contributed by atoms with Gasteiger partial charge in [0, 0.05) is 12.5 Å². The monoisotopic (exact) mass is 364 g/mol. The summed E-state index contributed by atoms with van der Waals surface area (Å²) in [5.74, 6) is 1.99. The molecule has 4 rings (SSSR count). The minimum Gasteiger partial charge on any atom is -0.465 e. The third kappa shape index (κ3) is 5.21. The summed E-state index contributed by atoms with van der Waals surface area (Å²) in [7, 11) is 3.83. The summed E-state index contributed by atoms with van der Waals surface area (Å²) in [5.41, 5.74) is 0.209. The van der Waals surface area contributed by atoms with Crippen molar-refractivity contribution in [2.24, 2.45) is 29.1 Å². The minimum absolute atomic E-state index is 0.0977. The molecule has 0 aromatic carbocycles. The SMILES string of the molecule is [CH2]C(COC(=O)CCN(C)C)COC(=O)CC12CC3CC(CC(C3)C1)C2. The number of hydrogen-bond donors (Lipinski definition) is 0. The number of carbonyl (C=O) groups excluding carboxylic acids is 2. The lowest BCUT2D eigenvalue weighted by Crippen LogP contribution is -2.47. The van der Waals surface area contributed by atoms with E-state index in [0.29, 0.717) is 19.4 Å². The van der Waals surface area contributed by atoms with E-state index in [-0.39, 0.29) is 36.5 Å². The molecule has 26 heavy (non-hydrogen) atoms. The third-order valence-electron chi connectivity index (χ3n) is 6.41. The van der Waals surface area contributed by atoms with Crippen LogP contribution in [0.2, 0.25) is 0 Å². The van der Waals surface area contributed by atoms with E-state index in [9.17, 15) is 9.59 Å². The summed E-state index contributed by atoms with van der Waals surface area (Å²) >= 11 is 0. The molecule has 0 saturated heterocycles. The molecule has 1 radical (unpaired) electrons. The van der Waals surface area contributed by atoms with Crippen LogP contribution in [0.3, 0.4) is 0 Å². The van der Waals surface area contributed by atoms with E-state index >= 15 is 0 Å². The molecule has 5 heteroatoms. The lowest BCUT2D eigenvalue weighted by Gasteiger charge is -2.56. The Kier molecular flexibility index (Phi) is 6.26. The van der Waals surface area contributed by atoms with E-state index in [4.69, 9.17) is 9.47 Å². The fourth-order valence-corrected chi connectivity index (χ4v) is 5.72. The van der Waals surface area contributed by atoms with Crippen LogP contribution >= 0.6 is 0 Å². The Morgan fingerprint density at radius 1 is 1.00 bits per heavy atom. The van der Waals surface area contributed by atoms with Crippen molar-refractivity contribution in [1.29, 1.82) is 0 Å². The minimum atomic E-state index is -0.229. The zero-order valence-corrected chi connectivity index (χ0v) is 16.4. The number of esters is 2. The summed E-state index contributed by atoms with van der Waals surface area (Å²) in [6.45, 7) is 5.04. The van der Waals surface area contributed by atoms with Gasteiger partial charge >= 0.3 is 11.9 Å². The van der Waals surface area contributed by atoms with Gasteiger partial charge in [-0.05, 0) is 82.7 Å². The molecule has 147 valence electrons. The summed E-state index contributed by atoms with van der Waals surface area (Å²) in [4.78, 5) is 25.9. The zero-order chi connectivity index (χ0) is 18.7. The topological polar surface area (TPSA) is 55.8 Å². The molecule has 0 N–H and O–H groups in total. The Balaban J connectivity index is 1.34. The molecule has 4 saturated carbocycles. The van der Waals surface area contributed by atoms with Crippen LogP contribution < -0.4 is 0 Å². The maximum Gasteiger partial charge on any atom is 0.307 e. The highest BCUT2D eigenvalue weighted by molar-refractivity contribution is 5.70. The average Bonchev–Trinajstić information content (AvgIpc) is 2.54. The molecule has 0 aromatic rings. The molecule has 5 nitrogen and oxygen atoms in total. The molecule has 4 fully saturated rings. The Hall–Kier alpha value is -1.10. The van der Waals surface area contributed by atoms with E-state index in [1.54, 1.807) is 0 Å². The molecule has 0 heterocycles. The Labute approximate surface area is 157 Å². The number of nitrogens with zero attached hydrogens (tertiary/aromatic N) is 1. The molecule has 0 aromatic heterocycles. The number of rotatable bonds is 9. The maximum absolute atomic E-state index is 12.4. The first-order valence-electron chi connectivity index (χ1n) is 10.1. The van der Waals surface area contributed by atoms with Gasteiger partial charge in [-0.3, -0.25) is 9.59 Å². The van der Waals surface area contributed by atoms with Gasteiger partial charge in [-0.15, -0.1) is 0 Å². The average molecular weight is 365 g/mol. The molecular formula is C21H34NO4. The second-order valence-electron chi connectivity index (χ2n) is 9.38. The summed E-state index contributed by atoms with van der Waals surface area (Å²) in [6, 6.07) is 0. The standard InChI is InChI=1S/C21H34NO4/c1-15(13-25-19(23)4-5-22(2)3)14-26-20(24)12-21-9-16-6-17(10-21)8-18(7-16)11-21/h15-18H,1,4-14H2,2-3H3. The molecule has 0 spiro atoms. The predicted octanol–water partition coefficient (Wildman–Crippen LogP) is 3.08. The van der Waals surface area contributed by atoms with E-state index in [2.05, 4.69) is 6.92 Å². The predicted molar refractivity (Wildman–Crippen MR) is 99.2 cm³/mol. The van der Waals surface area contributed by atoms with Crippen LogP contribution in [0.15, 0.2) is 0 Å². The van der Waals surface area contributed by atoms with Gasteiger partial charge in [0.05, 0.1) is 26.1 Å². The van der Waals surface area contributed by atoms with Crippen molar-refractivity contribution in [1.82, 2.24) is 4.90 Å². The first-order valence-corrected chi connectivity index (χ1v) is 10.1. The molecular weight excluding hydrogens is 330 g/mol. The van der Waals surface area contributed by atoms with Crippen LogP contribution in [0, 0.1) is 36.0 Å². The summed E-state index contributed by atoms with van der Waals surface area (Å²) < 4.78 is 10.7. The summed E-state index contributed by atoms with van der Waals surface area (Å²) in [6.07, 6.45) is 8.72. The van der Waals surface area contributed by atoms with Gasteiger partial charge in [-0.2, -0.15) is 0 Å². The molecule has 1 unspecified atom stereocenters. The van der Waals surface area contributed by atoms with Gasteiger partial charge in [-0.25, -0.2) is 0 Å². The van der Waals surface area contributed by atoms with Crippen molar-refractivity contribution in [2.45, 2.75) is 51.4 Å². The van der Waals surface area contributed by atoms with Gasteiger partial charge in [0.1, 0.15) is 0 Å². The number of ether oxygens (including phenoxy) is 2. The third-order valence-corrected chi connectivity index (χ3v) is 6.41. The largest absolute Gasteiger partial charge is 0.465 e. The van der Waals surface area contributed by atoms with Crippen LogP contribution in [0.4, 0.5) is 0 Å². The molecule has 4 aliphatic rings. The lowest BCUT2D eigenvalue weighted by molar-refractivity contribution is -0.154.